The average Bonchev–Trinajstić information content (AvgIpc) is 3.08. The number of hydrogen-bond donors (Lipinski definition) is 0. The van der Waals surface area contributed by atoms with E-state index in [-0.39, 0.29) is 5.92 Å². The second kappa shape index (κ2) is 6.80. The van der Waals surface area contributed by atoms with E-state index >= 15 is 0 Å². The molecule has 1 aliphatic rings. The first-order chi connectivity index (χ1) is 13.0. The Labute approximate surface area is 160 Å². The van der Waals surface area contributed by atoms with Crippen molar-refractivity contribution in [3.63, 3.8) is 0 Å². The summed E-state index contributed by atoms with van der Waals surface area (Å²) < 4.78 is 19.5. The Morgan fingerprint density at radius 2 is 1.78 bits per heavy atom. The molecule has 2 heterocycles. The quantitative estimate of drug-likeness (QED) is 0.522. The molecular weight excluding hydrogens is 337 g/mol. The predicted octanol–water partition coefficient (Wildman–Crippen LogP) is 6.15. The van der Waals surface area contributed by atoms with E-state index in [1.807, 2.05) is 0 Å². The van der Waals surface area contributed by atoms with Gasteiger partial charge in [-0.05, 0) is 54.2 Å². The third kappa shape index (κ3) is 3.12. The maximum absolute atomic E-state index is 13.3. The van der Waals surface area contributed by atoms with Crippen molar-refractivity contribution in [2.75, 3.05) is 6.61 Å². The number of ether oxygens (including phenoxy) is 1. The van der Waals surface area contributed by atoms with Crippen LogP contribution in [0.3, 0.4) is 0 Å². The van der Waals surface area contributed by atoms with Crippen LogP contribution in [-0.4, -0.2) is 11.6 Å². The van der Waals surface area contributed by atoms with E-state index in [9.17, 15) is 4.39 Å². The zero-order valence-corrected chi connectivity index (χ0v) is 16.2. The van der Waals surface area contributed by atoms with Crippen LogP contribution in [-0.2, 0) is 0 Å². The number of hydrogen-bond acceptors (Lipinski definition) is 2. The van der Waals surface area contributed by atoms with Crippen LogP contribution in [0.15, 0.2) is 48.7 Å². The molecule has 1 aromatic heterocycles. The molecule has 0 amide bonds. The van der Waals surface area contributed by atoms with Crippen LogP contribution in [0.4, 0.5) is 4.39 Å². The molecule has 2 aromatic carbocycles. The minimum Gasteiger partial charge on any atom is -0.492 e. The molecule has 0 N–H and O–H groups in total. The van der Waals surface area contributed by atoms with Crippen molar-refractivity contribution in [1.29, 1.82) is 0 Å². The highest BCUT2D eigenvalue weighted by Gasteiger charge is 2.31. The van der Waals surface area contributed by atoms with Crippen LogP contribution in [0.1, 0.15) is 53.5 Å². The van der Waals surface area contributed by atoms with Gasteiger partial charge in [0, 0.05) is 28.8 Å². The van der Waals surface area contributed by atoms with E-state index < -0.39 is 5.95 Å². The molecular formula is C24H24FNO. The van der Waals surface area contributed by atoms with Crippen LogP contribution in [0, 0.1) is 19.8 Å². The van der Waals surface area contributed by atoms with Gasteiger partial charge in [0.15, 0.2) is 0 Å². The van der Waals surface area contributed by atoms with Crippen molar-refractivity contribution >= 4 is 0 Å². The van der Waals surface area contributed by atoms with Crippen LogP contribution in [0.2, 0.25) is 0 Å². The van der Waals surface area contributed by atoms with Gasteiger partial charge < -0.3 is 4.74 Å². The van der Waals surface area contributed by atoms with E-state index in [0.717, 1.165) is 22.4 Å². The Morgan fingerprint density at radius 3 is 2.41 bits per heavy atom. The third-order valence-electron chi connectivity index (χ3n) is 5.49. The maximum Gasteiger partial charge on any atom is 0.212 e. The fraction of sp³-hybridized carbons (Fsp3) is 0.292. The summed E-state index contributed by atoms with van der Waals surface area (Å²) >= 11 is 0. The molecule has 3 heteroatoms. The van der Waals surface area contributed by atoms with Crippen molar-refractivity contribution in [2.24, 2.45) is 0 Å². The Bertz CT molecular complexity index is 975. The highest BCUT2D eigenvalue weighted by Crippen LogP contribution is 2.47. The van der Waals surface area contributed by atoms with Crippen molar-refractivity contribution in [3.8, 4) is 16.9 Å². The molecule has 0 aliphatic carbocycles. The number of nitrogens with zero attached hydrogens (tertiary/aromatic N) is 1. The Morgan fingerprint density at radius 1 is 1.04 bits per heavy atom. The lowest BCUT2D eigenvalue weighted by molar-refractivity contribution is 0.344. The van der Waals surface area contributed by atoms with E-state index in [1.165, 1.54) is 28.3 Å². The van der Waals surface area contributed by atoms with Gasteiger partial charge in [-0.2, -0.15) is 4.39 Å². The van der Waals surface area contributed by atoms with E-state index in [4.69, 9.17) is 4.74 Å². The maximum atomic E-state index is 13.3. The molecule has 1 atom stereocenters. The molecule has 1 unspecified atom stereocenters. The first-order valence-corrected chi connectivity index (χ1v) is 9.44. The van der Waals surface area contributed by atoms with Gasteiger partial charge in [-0.3, -0.25) is 0 Å². The van der Waals surface area contributed by atoms with Gasteiger partial charge in [0.1, 0.15) is 5.75 Å². The Kier molecular flexibility index (Phi) is 4.47. The minimum absolute atomic E-state index is 0.217. The number of aryl methyl sites for hydroxylation is 2. The van der Waals surface area contributed by atoms with Crippen molar-refractivity contribution < 1.29 is 9.13 Å². The van der Waals surface area contributed by atoms with Gasteiger partial charge in [-0.15, -0.1) is 0 Å². The summed E-state index contributed by atoms with van der Waals surface area (Å²) in [6.07, 6.45) is 1.58. The monoisotopic (exact) mass is 361 g/mol. The van der Waals surface area contributed by atoms with Crippen LogP contribution in [0.25, 0.3) is 11.1 Å². The second-order valence-corrected chi connectivity index (χ2v) is 7.68. The van der Waals surface area contributed by atoms with Gasteiger partial charge in [0.25, 0.3) is 0 Å². The molecule has 1 aliphatic heterocycles. The zero-order chi connectivity index (χ0) is 19.1. The van der Waals surface area contributed by atoms with Crippen molar-refractivity contribution in [1.82, 2.24) is 4.98 Å². The van der Waals surface area contributed by atoms with Crippen molar-refractivity contribution in [2.45, 2.75) is 39.5 Å². The molecule has 27 heavy (non-hydrogen) atoms. The summed E-state index contributed by atoms with van der Waals surface area (Å²) in [7, 11) is 0. The average molecular weight is 361 g/mol. The van der Waals surface area contributed by atoms with Crippen molar-refractivity contribution in [3.05, 3.63) is 82.4 Å². The largest absolute Gasteiger partial charge is 0.492 e. The molecule has 3 aromatic rings. The van der Waals surface area contributed by atoms with E-state index in [1.54, 1.807) is 12.3 Å². The Hall–Kier alpha value is -2.68. The van der Waals surface area contributed by atoms with Gasteiger partial charge in [-0.25, -0.2) is 4.98 Å². The van der Waals surface area contributed by atoms with E-state index in [0.29, 0.717) is 12.5 Å². The molecule has 0 radical (unpaired) electrons. The molecule has 138 valence electrons. The first-order valence-electron chi connectivity index (χ1n) is 9.44. The van der Waals surface area contributed by atoms with Gasteiger partial charge >= 0.3 is 0 Å². The molecule has 0 spiro atoms. The fourth-order valence-electron chi connectivity index (χ4n) is 4.06. The molecule has 0 bridgehead atoms. The first kappa shape index (κ1) is 17.7. The SMILES string of the molecule is Cc1cc(C)c2c(c1-c1ccc(F)nc1)OCC2c1ccc(C(C)C)cc1. The smallest absolute Gasteiger partial charge is 0.212 e. The predicted molar refractivity (Wildman–Crippen MR) is 107 cm³/mol. The lowest BCUT2D eigenvalue weighted by Crippen LogP contribution is -2.04. The summed E-state index contributed by atoms with van der Waals surface area (Å²) in [5.41, 5.74) is 8.11. The lowest BCUT2D eigenvalue weighted by atomic mass is 9.85. The second-order valence-electron chi connectivity index (χ2n) is 7.68. The van der Waals surface area contributed by atoms with Crippen LogP contribution in [0.5, 0.6) is 5.75 Å². The molecule has 0 saturated heterocycles. The minimum atomic E-state index is -0.468. The van der Waals surface area contributed by atoms with Crippen LogP contribution < -0.4 is 4.74 Å². The topological polar surface area (TPSA) is 22.1 Å². The molecule has 0 fully saturated rings. The summed E-state index contributed by atoms with van der Waals surface area (Å²) in [6.45, 7) is 9.25. The fourth-order valence-corrected chi connectivity index (χ4v) is 4.06. The van der Waals surface area contributed by atoms with Crippen LogP contribution >= 0.6 is 0 Å². The van der Waals surface area contributed by atoms with E-state index in [2.05, 4.69) is 63.0 Å². The zero-order valence-electron chi connectivity index (χ0n) is 16.2. The summed E-state index contributed by atoms with van der Waals surface area (Å²) in [4.78, 5) is 3.83. The van der Waals surface area contributed by atoms with Gasteiger partial charge in [0.2, 0.25) is 5.95 Å². The number of halogens is 1. The number of fused-ring (bicyclic) bond motifs is 1. The summed E-state index contributed by atoms with van der Waals surface area (Å²) in [6, 6.07) is 14.2. The molecule has 2 nitrogen and oxygen atoms in total. The molecule has 4 rings (SSSR count). The molecule has 0 saturated carbocycles. The Balaban J connectivity index is 1.81. The highest BCUT2D eigenvalue weighted by atomic mass is 19.1. The number of rotatable bonds is 3. The summed E-state index contributed by atoms with van der Waals surface area (Å²) in [5.74, 6) is 1.19. The third-order valence-corrected chi connectivity index (χ3v) is 5.49. The number of benzene rings is 2. The standard InChI is InChI=1S/C24H24FNO/c1-14(2)17-5-7-18(8-6-17)20-13-27-24-22(15(3)11-16(4)23(20)24)19-9-10-21(25)26-12-19/h5-12,14,20H,13H2,1-4H3. The number of pyridine rings is 1. The van der Waals surface area contributed by atoms with Gasteiger partial charge in [0.05, 0.1) is 6.61 Å². The lowest BCUT2D eigenvalue weighted by Gasteiger charge is -2.16. The number of aromatic nitrogens is 1. The summed E-state index contributed by atoms with van der Waals surface area (Å²) in [5, 5.41) is 0. The van der Waals surface area contributed by atoms with Gasteiger partial charge in [-0.1, -0.05) is 44.2 Å². The normalized spacial score (nSPS) is 15.7. The highest BCUT2D eigenvalue weighted by molar-refractivity contribution is 5.77.